The fraction of sp³-hybridized carbons (Fsp3) is 0.185. The van der Waals surface area contributed by atoms with Gasteiger partial charge >= 0.3 is 6.03 Å². The average Bonchev–Trinajstić information content (AvgIpc) is 2.88. The summed E-state index contributed by atoms with van der Waals surface area (Å²) >= 11 is 5.95. The molecule has 1 aliphatic rings. The molecule has 0 radical (unpaired) electrons. The highest BCUT2D eigenvalue weighted by Gasteiger charge is 2.23. The summed E-state index contributed by atoms with van der Waals surface area (Å²) in [7, 11) is 3.19. The molecule has 8 heteroatoms. The number of aryl methyl sites for hydroxylation is 1. The first kappa shape index (κ1) is 22.8. The van der Waals surface area contributed by atoms with Crippen LogP contribution in [0, 0.1) is 0 Å². The lowest BCUT2D eigenvalue weighted by atomic mass is 10.0. The van der Waals surface area contributed by atoms with Gasteiger partial charge in [-0.2, -0.15) is 0 Å². The number of rotatable bonds is 5. The minimum Gasteiger partial charge on any atom is -0.493 e. The molecule has 7 nitrogen and oxygen atoms in total. The third-order valence-electron chi connectivity index (χ3n) is 5.94. The van der Waals surface area contributed by atoms with Crippen LogP contribution in [-0.4, -0.2) is 31.8 Å². The van der Waals surface area contributed by atoms with Gasteiger partial charge in [0.15, 0.2) is 11.5 Å². The van der Waals surface area contributed by atoms with Crippen molar-refractivity contribution >= 4 is 39.9 Å². The molecule has 0 saturated carbocycles. The van der Waals surface area contributed by atoms with E-state index in [9.17, 15) is 4.79 Å². The third kappa shape index (κ3) is 4.68. The molecule has 0 aliphatic carbocycles. The SMILES string of the molecule is COc1cc2nccc(Oc3ccc4c(c3)CCCN4C(=O)Nc3ccc(Cl)cc3)c2cc1OC. The number of fused-ring (bicyclic) bond motifs is 2. The summed E-state index contributed by atoms with van der Waals surface area (Å²) in [5.74, 6) is 2.55. The number of pyridine rings is 1. The minimum absolute atomic E-state index is 0.178. The Morgan fingerprint density at radius 3 is 2.51 bits per heavy atom. The molecule has 0 saturated heterocycles. The molecular formula is C27H24ClN3O4. The second kappa shape index (κ2) is 9.72. The number of benzene rings is 3. The van der Waals surface area contributed by atoms with Crippen LogP contribution in [-0.2, 0) is 6.42 Å². The second-order valence-electron chi connectivity index (χ2n) is 8.12. The summed E-state index contributed by atoms with van der Waals surface area (Å²) in [5.41, 5.74) is 3.37. The van der Waals surface area contributed by atoms with Crippen LogP contribution in [0.2, 0.25) is 5.02 Å². The van der Waals surface area contributed by atoms with Crippen molar-refractivity contribution in [2.24, 2.45) is 0 Å². The Labute approximate surface area is 208 Å². The minimum atomic E-state index is -0.178. The lowest BCUT2D eigenvalue weighted by Crippen LogP contribution is -2.38. The summed E-state index contributed by atoms with van der Waals surface area (Å²) < 4.78 is 17.1. The van der Waals surface area contributed by atoms with Crippen molar-refractivity contribution < 1.29 is 19.0 Å². The quantitative estimate of drug-likeness (QED) is 0.338. The van der Waals surface area contributed by atoms with Crippen molar-refractivity contribution in [2.75, 3.05) is 31.0 Å². The highest BCUT2D eigenvalue weighted by atomic mass is 35.5. The van der Waals surface area contributed by atoms with Crippen LogP contribution < -0.4 is 24.4 Å². The number of halogens is 1. The normalized spacial score (nSPS) is 12.7. The number of hydrogen-bond donors (Lipinski definition) is 1. The molecule has 0 bridgehead atoms. The van der Waals surface area contributed by atoms with Crippen molar-refractivity contribution in [3.8, 4) is 23.0 Å². The molecular weight excluding hydrogens is 466 g/mol. The van der Waals surface area contributed by atoms with Gasteiger partial charge in [-0.15, -0.1) is 0 Å². The van der Waals surface area contributed by atoms with Crippen LogP contribution >= 0.6 is 11.6 Å². The Morgan fingerprint density at radius 2 is 1.74 bits per heavy atom. The maximum absolute atomic E-state index is 13.0. The summed E-state index contributed by atoms with van der Waals surface area (Å²) in [6.45, 7) is 0.642. The van der Waals surface area contributed by atoms with Crippen LogP contribution in [0.4, 0.5) is 16.2 Å². The van der Waals surface area contributed by atoms with Crippen molar-refractivity contribution in [1.82, 2.24) is 4.98 Å². The van der Waals surface area contributed by atoms with Gasteiger partial charge in [0.25, 0.3) is 0 Å². The molecule has 35 heavy (non-hydrogen) atoms. The number of carbonyl (C=O) groups is 1. The van der Waals surface area contributed by atoms with Gasteiger partial charge in [0, 0.05) is 40.6 Å². The van der Waals surface area contributed by atoms with E-state index in [0.717, 1.165) is 35.0 Å². The summed E-state index contributed by atoms with van der Waals surface area (Å²) in [6, 6.07) is 18.2. The number of nitrogens with zero attached hydrogens (tertiary/aromatic N) is 2. The molecule has 2 amide bonds. The largest absolute Gasteiger partial charge is 0.493 e. The number of aromatic nitrogens is 1. The lowest BCUT2D eigenvalue weighted by molar-refractivity contribution is 0.256. The number of hydrogen-bond acceptors (Lipinski definition) is 5. The highest BCUT2D eigenvalue weighted by molar-refractivity contribution is 6.30. The standard InChI is InChI=1S/C27H24ClN3O4/c1-33-25-15-21-22(16-26(25)34-2)29-12-11-24(21)35-20-9-10-23-17(14-20)4-3-13-31(23)27(32)30-19-7-5-18(28)6-8-19/h5-12,14-16H,3-4,13H2,1-2H3,(H,30,32). The van der Waals surface area contributed by atoms with Gasteiger partial charge < -0.3 is 19.5 Å². The molecule has 1 aromatic heterocycles. The van der Waals surface area contributed by atoms with E-state index in [0.29, 0.717) is 40.3 Å². The van der Waals surface area contributed by atoms with Crippen LogP contribution in [0.5, 0.6) is 23.0 Å². The van der Waals surface area contributed by atoms with Crippen molar-refractivity contribution in [1.29, 1.82) is 0 Å². The number of ether oxygens (including phenoxy) is 3. The summed E-state index contributed by atoms with van der Waals surface area (Å²) in [4.78, 5) is 19.2. The van der Waals surface area contributed by atoms with Gasteiger partial charge in [0.05, 0.1) is 19.7 Å². The molecule has 1 N–H and O–H groups in total. The Morgan fingerprint density at radius 1 is 0.971 bits per heavy atom. The summed E-state index contributed by atoms with van der Waals surface area (Å²) in [5, 5.41) is 4.38. The van der Waals surface area contributed by atoms with Gasteiger partial charge in [-0.1, -0.05) is 11.6 Å². The fourth-order valence-corrected chi connectivity index (χ4v) is 4.36. The van der Waals surface area contributed by atoms with Crippen molar-refractivity contribution in [3.05, 3.63) is 77.4 Å². The Bertz CT molecular complexity index is 1390. The monoisotopic (exact) mass is 489 g/mol. The maximum Gasteiger partial charge on any atom is 0.326 e. The molecule has 0 unspecified atom stereocenters. The first-order valence-electron chi connectivity index (χ1n) is 11.2. The van der Waals surface area contributed by atoms with E-state index < -0.39 is 0 Å². The van der Waals surface area contributed by atoms with Crippen molar-refractivity contribution in [3.63, 3.8) is 0 Å². The van der Waals surface area contributed by atoms with E-state index in [-0.39, 0.29) is 6.03 Å². The zero-order chi connectivity index (χ0) is 24.4. The number of methoxy groups -OCH3 is 2. The Kier molecular flexibility index (Phi) is 6.33. The molecule has 4 aromatic rings. The Balaban J connectivity index is 1.40. The second-order valence-corrected chi connectivity index (χ2v) is 8.55. The number of urea groups is 1. The fourth-order valence-electron chi connectivity index (χ4n) is 4.24. The molecule has 3 aromatic carbocycles. The predicted octanol–water partition coefficient (Wildman–Crippen LogP) is 6.68. The van der Waals surface area contributed by atoms with E-state index in [1.165, 1.54) is 0 Å². The zero-order valence-electron chi connectivity index (χ0n) is 19.4. The number of nitrogens with one attached hydrogen (secondary N) is 1. The molecule has 2 heterocycles. The van der Waals surface area contributed by atoms with E-state index in [4.69, 9.17) is 25.8 Å². The van der Waals surface area contributed by atoms with Crippen LogP contribution in [0.25, 0.3) is 10.9 Å². The summed E-state index contributed by atoms with van der Waals surface area (Å²) in [6.07, 6.45) is 3.42. The van der Waals surface area contributed by atoms with E-state index in [1.54, 1.807) is 49.6 Å². The first-order valence-corrected chi connectivity index (χ1v) is 11.6. The topological polar surface area (TPSA) is 72.9 Å². The lowest BCUT2D eigenvalue weighted by Gasteiger charge is -2.30. The molecule has 1 aliphatic heterocycles. The van der Waals surface area contributed by atoms with Gasteiger partial charge in [0.2, 0.25) is 0 Å². The van der Waals surface area contributed by atoms with E-state index >= 15 is 0 Å². The van der Waals surface area contributed by atoms with E-state index in [2.05, 4.69) is 10.3 Å². The van der Waals surface area contributed by atoms with Crippen molar-refractivity contribution in [2.45, 2.75) is 12.8 Å². The molecule has 0 spiro atoms. The smallest absolute Gasteiger partial charge is 0.326 e. The molecule has 0 atom stereocenters. The maximum atomic E-state index is 13.0. The first-order chi connectivity index (χ1) is 17.1. The molecule has 5 rings (SSSR count). The molecule has 178 valence electrons. The average molecular weight is 490 g/mol. The van der Waals surface area contributed by atoms with Crippen LogP contribution in [0.1, 0.15) is 12.0 Å². The van der Waals surface area contributed by atoms with Crippen LogP contribution in [0.3, 0.4) is 0 Å². The number of amides is 2. The van der Waals surface area contributed by atoms with Gasteiger partial charge in [0.1, 0.15) is 11.5 Å². The van der Waals surface area contributed by atoms with E-state index in [1.807, 2.05) is 36.4 Å². The van der Waals surface area contributed by atoms with Gasteiger partial charge in [-0.25, -0.2) is 4.79 Å². The van der Waals surface area contributed by atoms with Gasteiger partial charge in [-0.05, 0) is 73.0 Å². The third-order valence-corrected chi connectivity index (χ3v) is 6.20. The predicted molar refractivity (Wildman–Crippen MR) is 138 cm³/mol. The van der Waals surface area contributed by atoms with Gasteiger partial charge in [-0.3, -0.25) is 9.88 Å². The van der Waals surface area contributed by atoms with Crippen LogP contribution in [0.15, 0.2) is 66.9 Å². The number of anilines is 2. The number of carbonyl (C=O) groups excluding carboxylic acids is 1. The molecule has 0 fully saturated rings. The zero-order valence-corrected chi connectivity index (χ0v) is 20.1. The Hall–Kier alpha value is -3.97. The highest BCUT2D eigenvalue weighted by Crippen LogP contribution is 2.38.